The second-order valence-electron chi connectivity index (χ2n) is 16.6. The number of likely N-dealkylation sites (N-methyl/N-ethyl adjacent to an activating group) is 1. The summed E-state index contributed by atoms with van der Waals surface area (Å²) >= 11 is 0. The van der Waals surface area contributed by atoms with Crippen molar-refractivity contribution in [3.63, 3.8) is 0 Å². The summed E-state index contributed by atoms with van der Waals surface area (Å²) in [5.41, 5.74) is 0. The van der Waals surface area contributed by atoms with E-state index in [1.54, 1.807) is 18.4 Å². The fraction of sp³-hybridized carbons (Fsp3) is 0.818. The average Bonchev–Trinajstić information content (AvgIpc) is 3.40. The number of aliphatic hydroxyl groups excluding tert-OH is 2. The van der Waals surface area contributed by atoms with E-state index >= 15 is 0 Å². The highest BCUT2D eigenvalue weighted by molar-refractivity contribution is 7.45. The number of phosphoric ester groups is 1. The SMILES string of the molecule is CCCCCCCCCCCCCC/C=C/OC[C@H](COP(=O)([O-])OCC[N+](C)(C)C)OC(=O)CCC/C=C\C[C@H]1C(=O)C[C@@H](O)[C@@H]1/C=C/[C@@H](O)CCCCC. The number of carbonyl (C=O) groups excluding carboxylic acids is 2. The summed E-state index contributed by atoms with van der Waals surface area (Å²) in [6.45, 7) is 4.31. The molecule has 1 saturated carbocycles. The third-order valence-corrected chi connectivity index (χ3v) is 11.1. The van der Waals surface area contributed by atoms with Gasteiger partial charge in [0.15, 0.2) is 6.10 Å². The predicted molar refractivity (Wildman–Crippen MR) is 223 cm³/mol. The molecular formula is C44H80NO10P. The number of quaternary nitrogens is 1. The minimum Gasteiger partial charge on any atom is -0.756 e. The molecule has 56 heavy (non-hydrogen) atoms. The van der Waals surface area contributed by atoms with Crippen LogP contribution in [0.25, 0.3) is 0 Å². The maximum absolute atomic E-state index is 12.7. The molecular weight excluding hydrogens is 733 g/mol. The Hall–Kier alpha value is -1.85. The van der Waals surface area contributed by atoms with Gasteiger partial charge >= 0.3 is 5.97 Å². The molecule has 1 rings (SSSR count). The van der Waals surface area contributed by atoms with E-state index < -0.39 is 38.7 Å². The number of phosphoric acid groups is 1. The van der Waals surface area contributed by atoms with Gasteiger partial charge in [0, 0.05) is 24.7 Å². The molecule has 12 heteroatoms. The van der Waals surface area contributed by atoms with Crippen LogP contribution in [0, 0.1) is 11.8 Å². The van der Waals surface area contributed by atoms with Gasteiger partial charge in [-0.15, -0.1) is 0 Å². The quantitative estimate of drug-likeness (QED) is 0.0157. The van der Waals surface area contributed by atoms with Gasteiger partial charge in [-0.2, -0.15) is 0 Å². The topological polar surface area (TPSA) is 152 Å². The molecule has 1 fully saturated rings. The molecule has 0 radical (unpaired) electrons. The van der Waals surface area contributed by atoms with Gasteiger partial charge in [0.2, 0.25) is 0 Å². The summed E-state index contributed by atoms with van der Waals surface area (Å²) in [5, 5.41) is 20.7. The fourth-order valence-corrected chi connectivity index (χ4v) is 7.34. The van der Waals surface area contributed by atoms with E-state index in [1.165, 1.54) is 70.6 Å². The van der Waals surface area contributed by atoms with Crippen LogP contribution in [-0.2, 0) is 32.7 Å². The number of ether oxygens (including phenoxy) is 2. The molecule has 0 saturated heterocycles. The number of hydrogen-bond acceptors (Lipinski definition) is 10. The van der Waals surface area contributed by atoms with E-state index in [4.69, 9.17) is 18.5 Å². The number of ketones is 1. The van der Waals surface area contributed by atoms with Gasteiger partial charge in [0.1, 0.15) is 25.5 Å². The van der Waals surface area contributed by atoms with Crippen LogP contribution < -0.4 is 4.89 Å². The second kappa shape index (κ2) is 32.1. The molecule has 326 valence electrons. The first-order valence-corrected chi connectivity index (χ1v) is 23.3. The van der Waals surface area contributed by atoms with E-state index in [9.17, 15) is 29.3 Å². The van der Waals surface area contributed by atoms with E-state index in [2.05, 4.69) is 13.8 Å². The number of nitrogens with zero attached hydrogens (tertiary/aromatic N) is 1. The Morgan fingerprint density at radius 2 is 1.46 bits per heavy atom. The highest BCUT2D eigenvalue weighted by Crippen LogP contribution is 2.38. The lowest BCUT2D eigenvalue weighted by Crippen LogP contribution is -2.37. The van der Waals surface area contributed by atoms with Gasteiger partial charge in [0.05, 0.1) is 46.2 Å². The monoisotopic (exact) mass is 814 g/mol. The van der Waals surface area contributed by atoms with Crippen LogP contribution in [0.5, 0.6) is 0 Å². The maximum atomic E-state index is 12.7. The minimum atomic E-state index is -4.61. The van der Waals surface area contributed by atoms with Crippen LogP contribution in [0.1, 0.15) is 155 Å². The van der Waals surface area contributed by atoms with Crippen molar-refractivity contribution < 1.29 is 52.3 Å². The Bertz CT molecular complexity index is 1150. The number of Topliss-reactive ketones (excluding diaryl/α,β-unsaturated/α-hetero) is 1. The van der Waals surface area contributed by atoms with Gasteiger partial charge < -0.3 is 38.1 Å². The van der Waals surface area contributed by atoms with Gasteiger partial charge in [-0.1, -0.05) is 128 Å². The van der Waals surface area contributed by atoms with Crippen molar-refractivity contribution in [1.82, 2.24) is 0 Å². The lowest BCUT2D eigenvalue weighted by atomic mass is 9.90. The molecule has 0 aromatic heterocycles. The first-order chi connectivity index (χ1) is 26.8. The largest absolute Gasteiger partial charge is 0.756 e. The second-order valence-corrected chi connectivity index (χ2v) is 18.0. The van der Waals surface area contributed by atoms with Crippen molar-refractivity contribution in [2.75, 3.05) is 47.5 Å². The minimum absolute atomic E-state index is 0.0110. The Kier molecular flexibility index (Phi) is 29.9. The molecule has 0 aromatic carbocycles. The lowest BCUT2D eigenvalue weighted by molar-refractivity contribution is -0.870. The van der Waals surface area contributed by atoms with Crippen LogP contribution in [0.3, 0.4) is 0 Å². The summed E-state index contributed by atoms with van der Waals surface area (Å²) in [5.74, 6) is -1.17. The van der Waals surface area contributed by atoms with Crippen molar-refractivity contribution in [2.24, 2.45) is 11.8 Å². The lowest BCUT2D eigenvalue weighted by Gasteiger charge is -2.28. The first-order valence-electron chi connectivity index (χ1n) is 21.9. The van der Waals surface area contributed by atoms with E-state index in [1.807, 2.05) is 39.4 Å². The number of carbonyl (C=O) groups is 2. The summed E-state index contributed by atoms with van der Waals surface area (Å²) < 4.78 is 34.2. The van der Waals surface area contributed by atoms with Crippen molar-refractivity contribution in [3.8, 4) is 0 Å². The van der Waals surface area contributed by atoms with Gasteiger partial charge in [0.25, 0.3) is 7.82 Å². The summed E-state index contributed by atoms with van der Waals surface area (Å²) in [6.07, 6.45) is 30.4. The first kappa shape index (κ1) is 52.2. The standard InChI is InChI=1S/C44H80NO10P/c1-6-8-10-11-12-13-14-15-16-17-18-19-22-26-33-52-36-39(37-54-56(50,51)53-34-32-45(3,4)5)55-44(49)29-25-21-20-24-28-40-41(43(48)35-42(40)47)31-30-38(46)27-23-9-7-2/h20,24,26,30-31,33,38-41,43,46,48H,6-19,21-23,25,27-29,32,34-37H2,1-5H3/b24-20-,31-30+,33-26+/t38-,39+,40+,41+,43+/m0/s1. The number of aliphatic hydroxyl groups is 2. The molecule has 6 atom stereocenters. The van der Waals surface area contributed by atoms with Gasteiger partial charge in [-0.3, -0.25) is 14.2 Å². The van der Waals surface area contributed by atoms with Crippen molar-refractivity contribution >= 4 is 19.6 Å². The number of unbranched alkanes of at least 4 members (excludes halogenated alkanes) is 15. The summed E-state index contributed by atoms with van der Waals surface area (Å²) in [7, 11) is 1.16. The molecule has 0 aromatic rings. The molecule has 0 heterocycles. The highest BCUT2D eigenvalue weighted by Gasteiger charge is 2.39. The molecule has 0 amide bonds. The van der Waals surface area contributed by atoms with Crippen molar-refractivity contribution in [3.05, 3.63) is 36.6 Å². The van der Waals surface area contributed by atoms with E-state index in [0.29, 0.717) is 36.7 Å². The third-order valence-electron chi connectivity index (χ3n) is 10.1. The molecule has 1 aliphatic rings. The molecule has 2 N–H and O–H groups in total. The molecule has 11 nitrogen and oxygen atoms in total. The smallest absolute Gasteiger partial charge is 0.306 e. The molecule has 0 aliphatic heterocycles. The van der Waals surface area contributed by atoms with Crippen LogP contribution in [0.4, 0.5) is 0 Å². The van der Waals surface area contributed by atoms with Crippen LogP contribution in [-0.4, -0.2) is 92.3 Å². The zero-order valence-corrected chi connectivity index (χ0v) is 36.7. The van der Waals surface area contributed by atoms with Gasteiger partial charge in [-0.25, -0.2) is 0 Å². The van der Waals surface area contributed by atoms with Crippen LogP contribution >= 0.6 is 7.82 Å². The zero-order chi connectivity index (χ0) is 41.5. The Morgan fingerprint density at radius 1 is 0.857 bits per heavy atom. The average molecular weight is 814 g/mol. The number of rotatable bonds is 36. The molecule has 0 spiro atoms. The van der Waals surface area contributed by atoms with Crippen molar-refractivity contribution in [1.29, 1.82) is 0 Å². The van der Waals surface area contributed by atoms with Crippen LogP contribution in [0.15, 0.2) is 36.6 Å². The Labute approximate surface area is 340 Å². The third kappa shape index (κ3) is 28.5. The molecule has 1 unspecified atom stereocenters. The fourth-order valence-electron chi connectivity index (χ4n) is 6.61. The Morgan fingerprint density at radius 3 is 2.11 bits per heavy atom. The van der Waals surface area contributed by atoms with Crippen LogP contribution in [0.2, 0.25) is 0 Å². The van der Waals surface area contributed by atoms with Crippen molar-refractivity contribution in [2.45, 2.75) is 173 Å². The Balaban J connectivity index is 2.50. The molecule has 0 bridgehead atoms. The van der Waals surface area contributed by atoms with Gasteiger partial charge in [-0.05, 0) is 44.6 Å². The summed E-state index contributed by atoms with van der Waals surface area (Å²) in [6, 6.07) is 0. The maximum Gasteiger partial charge on any atom is 0.306 e. The predicted octanol–water partition coefficient (Wildman–Crippen LogP) is 8.91. The number of hydrogen-bond donors (Lipinski definition) is 2. The number of esters is 1. The number of allylic oxidation sites excluding steroid dienone is 3. The van der Waals surface area contributed by atoms with E-state index in [-0.39, 0.29) is 43.7 Å². The zero-order valence-electron chi connectivity index (χ0n) is 35.8. The van der Waals surface area contributed by atoms with E-state index in [0.717, 1.165) is 32.1 Å². The normalized spacial score (nSPS) is 20.0. The molecule has 1 aliphatic carbocycles. The summed E-state index contributed by atoms with van der Waals surface area (Å²) in [4.78, 5) is 37.7. The highest BCUT2D eigenvalue weighted by atomic mass is 31.2.